The van der Waals surface area contributed by atoms with Gasteiger partial charge in [0.25, 0.3) is 5.56 Å². The first-order valence-electron chi connectivity index (χ1n) is 5.44. The molecule has 0 fully saturated rings. The second-order valence-corrected chi connectivity index (χ2v) is 4.08. The number of nitrogens with zero attached hydrogens (tertiary/aromatic N) is 2. The van der Waals surface area contributed by atoms with Crippen molar-refractivity contribution in [2.24, 2.45) is 0 Å². The molecule has 0 amide bonds. The van der Waals surface area contributed by atoms with Crippen LogP contribution in [-0.4, -0.2) is 4.57 Å². The fraction of sp³-hybridized carbons (Fsp3) is 0.143. The van der Waals surface area contributed by atoms with Gasteiger partial charge in [0.05, 0.1) is 5.69 Å². The van der Waals surface area contributed by atoms with Crippen molar-refractivity contribution in [2.75, 3.05) is 0 Å². The molecule has 0 unspecified atom stereocenters. The van der Waals surface area contributed by atoms with E-state index in [0.29, 0.717) is 16.9 Å². The van der Waals surface area contributed by atoms with Gasteiger partial charge in [-0.3, -0.25) is 9.36 Å². The van der Waals surface area contributed by atoms with Gasteiger partial charge in [0, 0.05) is 5.69 Å². The van der Waals surface area contributed by atoms with Crippen molar-refractivity contribution >= 4 is 0 Å². The maximum atomic E-state index is 13.2. The van der Waals surface area contributed by atoms with Crippen LogP contribution in [0.25, 0.3) is 5.69 Å². The first-order valence-corrected chi connectivity index (χ1v) is 5.44. The molecule has 2 rings (SSSR count). The summed E-state index contributed by atoms with van der Waals surface area (Å²) in [7, 11) is 0. The van der Waals surface area contributed by atoms with Gasteiger partial charge in [0.1, 0.15) is 17.4 Å². The Morgan fingerprint density at radius 1 is 1.28 bits per heavy atom. The molecule has 0 N–H and O–H groups in total. The number of hydrogen-bond acceptors (Lipinski definition) is 2. The van der Waals surface area contributed by atoms with Crippen LogP contribution < -0.4 is 5.56 Å². The fourth-order valence-corrected chi connectivity index (χ4v) is 1.96. The largest absolute Gasteiger partial charge is 0.280 e. The predicted molar refractivity (Wildman–Crippen MR) is 66.2 cm³/mol. The number of aromatic nitrogens is 1. The van der Waals surface area contributed by atoms with E-state index in [-0.39, 0.29) is 5.56 Å². The molecule has 2 aromatic rings. The summed E-state index contributed by atoms with van der Waals surface area (Å²) in [6.45, 7) is 3.46. The molecular formula is C14H11FN2O. The lowest BCUT2D eigenvalue weighted by Gasteiger charge is -2.11. The van der Waals surface area contributed by atoms with Gasteiger partial charge < -0.3 is 0 Å². The highest BCUT2D eigenvalue weighted by Crippen LogP contribution is 2.13. The second kappa shape index (κ2) is 4.46. The molecule has 0 atom stereocenters. The molecule has 0 aliphatic heterocycles. The average Bonchev–Trinajstić information content (AvgIpc) is 2.28. The third-order valence-electron chi connectivity index (χ3n) is 2.77. The van der Waals surface area contributed by atoms with Crippen LogP contribution in [0.4, 0.5) is 4.39 Å². The Bertz CT molecular complexity index is 711. The van der Waals surface area contributed by atoms with Gasteiger partial charge in [-0.15, -0.1) is 0 Å². The number of aryl methyl sites for hydroxylation is 2. The Balaban J connectivity index is 2.81. The van der Waals surface area contributed by atoms with Crippen molar-refractivity contribution in [3.05, 3.63) is 63.3 Å². The quantitative estimate of drug-likeness (QED) is 0.771. The Morgan fingerprint density at radius 3 is 2.61 bits per heavy atom. The van der Waals surface area contributed by atoms with E-state index in [1.807, 2.05) is 6.07 Å². The van der Waals surface area contributed by atoms with Gasteiger partial charge >= 0.3 is 0 Å². The molecule has 0 radical (unpaired) electrons. The van der Waals surface area contributed by atoms with Gasteiger partial charge in [-0.25, -0.2) is 4.39 Å². The molecule has 0 aliphatic rings. The van der Waals surface area contributed by atoms with Crippen LogP contribution in [0.5, 0.6) is 0 Å². The number of hydrogen-bond donors (Lipinski definition) is 0. The predicted octanol–water partition coefficient (Wildman–Crippen LogP) is 2.47. The van der Waals surface area contributed by atoms with Crippen LogP contribution in [0.1, 0.15) is 16.8 Å². The summed E-state index contributed by atoms with van der Waals surface area (Å²) in [6.07, 6.45) is 0. The van der Waals surface area contributed by atoms with Crippen molar-refractivity contribution < 1.29 is 4.39 Å². The Kier molecular flexibility index (Phi) is 2.99. The summed E-state index contributed by atoms with van der Waals surface area (Å²) in [5.74, 6) is -0.419. The lowest BCUT2D eigenvalue weighted by molar-refractivity contribution is 0.626. The number of nitriles is 1. The van der Waals surface area contributed by atoms with E-state index >= 15 is 0 Å². The summed E-state index contributed by atoms with van der Waals surface area (Å²) < 4.78 is 14.5. The lowest BCUT2D eigenvalue weighted by atomic mass is 10.1. The highest BCUT2D eigenvalue weighted by molar-refractivity contribution is 5.42. The van der Waals surface area contributed by atoms with Gasteiger partial charge in [-0.2, -0.15) is 5.26 Å². The third-order valence-corrected chi connectivity index (χ3v) is 2.77. The molecular weight excluding hydrogens is 231 g/mol. The SMILES string of the molecule is Cc1cc(C)n(-c2cccc(F)c2)c(=O)c1C#N. The minimum atomic E-state index is -0.419. The van der Waals surface area contributed by atoms with Crippen LogP contribution in [0.15, 0.2) is 35.1 Å². The van der Waals surface area contributed by atoms with Crippen molar-refractivity contribution in [3.8, 4) is 11.8 Å². The number of rotatable bonds is 1. The summed E-state index contributed by atoms with van der Waals surface area (Å²) >= 11 is 0. The van der Waals surface area contributed by atoms with Crippen molar-refractivity contribution in [1.82, 2.24) is 4.57 Å². The summed E-state index contributed by atoms with van der Waals surface area (Å²) in [6, 6.07) is 9.37. The fourth-order valence-electron chi connectivity index (χ4n) is 1.96. The highest BCUT2D eigenvalue weighted by atomic mass is 19.1. The third kappa shape index (κ3) is 1.91. The van der Waals surface area contributed by atoms with E-state index in [1.165, 1.54) is 22.8 Å². The van der Waals surface area contributed by atoms with E-state index in [0.717, 1.165) is 0 Å². The van der Waals surface area contributed by atoms with Crippen LogP contribution in [0.3, 0.4) is 0 Å². The van der Waals surface area contributed by atoms with Crippen LogP contribution >= 0.6 is 0 Å². The summed E-state index contributed by atoms with van der Waals surface area (Å²) in [5.41, 5.74) is 1.40. The minimum Gasteiger partial charge on any atom is -0.280 e. The van der Waals surface area contributed by atoms with Crippen LogP contribution in [0, 0.1) is 31.0 Å². The molecule has 0 bridgehead atoms. The van der Waals surface area contributed by atoms with E-state index in [9.17, 15) is 9.18 Å². The highest BCUT2D eigenvalue weighted by Gasteiger charge is 2.11. The molecule has 1 heterocycles. The minimum absolute atomic E-state index is 0.0878. The molecule has 4 heteroatoms. The van der Waals surface area contributed by atoms with Crippen molar-refractivity contribution in [2.45, 2.75) is 13.8 Å². The van der Waals surface area contributed by atoms with Gasteiger partial charge in [0.15, 0.2) is 0 Å². The smallest absolute Gasteiger partial charge is 0.273 e. The second-order valence-electron chi connectivity index (χ2n) is 4.08. The summed E-state index contributed by atoms with van der Waals surface area (Å²) in [5, 5.41) is 8.98. The van der Waals surface area contributed by atoms with Crippen molar-refractivity contribution in [3.63, 3.8) is 0 Å². The first kappa shape index (κ1) is 12.1. The van der Waals surface area contributed by atoms with E-state index in [2.05, 4.69) is 0 Å². The normalized spacial score (nSPS) is 10.1. The van der Waals surface area contributed by atoms with E-state index in [1.54, 1.807) is 26.0 Å². The number of halogens is 1. The van der Waals surface area contributed by atoms with Gasteiger partial charge in [-0.05, 0) is 43.7 Å². The maximum Gasteiger partial charge on any atom is 0.273 e. The maximum absolute atomic E-state index is 13.2. The number of pyridine rings is 1. The molecule has 90 valence electrons. The molecule has 0 saturated carbocycles. The topological polar surface area (TPSA) is 45.8 Å². The molecule has 0 saturated heterocycles. The van der Waals surface area contributed by atoms with Crippen molar-refractivity contribution in [1.29, 1.82) is 5.26 Å². The lowest BCUT2D eigenvalue weighted by Crippen LogP contribution is -2.24. The molecule has 1 aromatic carbocycles. The standard InChI is InChI=1S/C14H11FN2O/c1-9-6-10(2)17(14(18)13(9)8-16)12-5-3-4-11(15)7-12/h3-7H,1-2H3. The first-order chi connectivity index (χ1) is 8.54. The zero-order chi connectivity index (χ0) is 13.3. The van der Waals surface area contributed by atoms with Gasteiger partial charge in [0.2, 0.25) is 0 Å². The molecule has 18 heavy (non-hydrogen) atoms. The average molecular weight is 242 g/mol. The zero-order valence-corrected chi connectivity index (χ0v) is 10.1. The van der Waals surface area contributed by atoms with Crippen LogP contribution in [-0.2, 0) is 0 Å². The molecule has 3 nitrogen and oxygen atoms in total. The molecule has 0 spiro atoms. The zero-order valence-electron chi connectivity index (χ0n) is 10.1. The molecule has 1 aromatic heterocycles. The van der Waals surface area contributed by atoms with E-state index < -0.39 is 11.4 Å². The van der Waals surface area contributed by atoms with E-state index in [4.69, 9.17) is 5.26 Å². The Morgan fingerprint density at radius 2 is 2.00 bits per heavy atom. The monoisotopic (exact) mass is 242 g/mol. The number of benzene rings is 1. The van der Waals surface area contributed by atoms with Crippen LogP contribution in [0.2, 0.25) is 0 Å². The Hall–Kier alpha value is -2.41. The molecule has 0 aliphatic carbocycles. The van der Waals surface area contributed by atoms with Gasteiger partial charge in [-0.1, -0.05) is 6.07 Å². The summed E-state index contributed by atoms with van der Waals surface area (Å²) in [4.78, 5) is 12.2. The Labute approximate surface area is 104 Å².